The Hall–Kier alpha value is -1.56. The Morgan fingerprint density at radius 3 is 2.80 bits per heavy atom. The number of rotatable bonds is 3. The van der Waals surface area contributed by atoms with Gasteiger partial charge in [-0.2, -0.15) is 0 Å². The van der Waals surface area contributed by atoms with Gasteiger partial charge in [-0.05, 0) is 43.5 Å². The highest BCUT2D eigenvalue weighted by Gasteiger charge is 2.31. The zero-order valence-corrected chi connectivity index (χ0v) is 15.4. The number of amides is 1. The first-order chi connectivity index (χ1) is 11.7. The molecule has 0 spiro atoms. The zero-order valence-electron chi connectivity index (χ0n) is 13.8. The Kier molecular flexibility index (Phi) is 5.67. The number of nitrogens with one attached hydrogen (secondary N) is 1. The first kappa shape index (κ1) is 18.2. The van der Waals surface area contributed by atoms with Gasteiger partial charge in [-0.3, -0.25) is 4.79 Å². The van der Waals surface area contributed by atoms with Gasteiger partial charge in [0, 0.05) is 35.8 Å². The predicted octanol–water partition coefficient (Wildman–Crippen LogP) is 3.31. The van der Waals surface area contributed by atoms with Crippen molar-refractivity contribution in [1.29, 1.82) is 0 Å². The summed E-state index contributed by atoms with van der Waals surface area (Å²) in [6.07, 6.45) is 5.30. The van der Waals surface area contributed by atoms with Gasteiger partial charge < -0.3 is 14.6 Å². The van der Waals surface area contributed by atoms with E-state index in [1.54, 1.807) is 18.4 Å². The molecule has 2 bridgehead atoms. The minimum absolute atomic E-state index is 0. The number of carbonyl (C=O) groups excluding carboxylic acids is 1. The van der Waals surface area contributed by atoms with E-state index in [1.807, 2.05) is 17.0 Å². The minimum Gasteiger partial charge on any atom is -0.444 e. The highest BCUT2D eigenvalue weighted by molar-refractivity contribution is 6.30. The molecule has 3 heterocycles. The third kappa shape index (κ3) is 4.17. The molecule has 7 heteroatoms. The molecule has 2 aliphatic rings. The summed E-state index contributed by atoms with van der Waals surface area (Å²) >= 11 is 5.89. The fourth-order valence-corrected chi connectivity index (χ4v) is 3.68. The maximum absolute atomic E-state index is 12.6. The number of benzene rings is 1. The molecule has 0 saturated carbocycles. The molecule has 2 atom stereocenters. The summed E-state index contributed by atoms with van der Waals surface area (Å²) in [5.74, 6) is 0.645. The number of aromatic nitrogens is 1. The molecular formula is C18H21Cl2N3O2. The summed E-state index contributed by atoms with van der Waals surface area (Å²) in [7, 11) is 0. The topological polar surface area (TPSA) is 58.4 Å². The third-order valence-electron chi connectivity index (χ3n) is 4.85. The number of hydrogen-bond donors (Lipinski definition) is 1. The number of carbonyl (C=O) groups is 1. The monoisotopic (exact) mass is 381 g/mol. The van der Waals surface area contributed by atoms with Gasteiger partial charge in [-0.1, -0.05) is 11.6 Å². The van der Waals surface area contributed by atoms with Crippen LogP contribution in [-0.4, -0.2) is 41.0 Å². The fourth-order valence-electron chi connectivity index (χ4n) is 3.55. The minimum atomic E-state index is 0. The van der Waals surface area contributed by atoms with Crippen molar-refractivity contribution in [3.05, 3.63) is 41.2 Å². The van der Waals surface area contributed by atoms with E-state index in [0.717, 1.165) is 25.1 Å². The Morgan fingerprint density at radius 1 is 1.24 bits per heavy atom. The van der Waals surface area contributed by atoms with Gasteiger partial charge in [0.15, 0.2) is 0 Å². The summed E-state index contributed by atoms with van der Waals surface area (Å²) in [6, 6.07) is 8.34. The maximum Gasteiger partial charge on any atom is 0.228 e. The Morgan fingerprint density at radius 2 is 2.00 bits per heavy atom. The van der Waals surface area contributed by atoms with Crippen molar-refractivity contribution in [2.24, 2.45) is 0 Å². The van der Waals surface area contributed by atoms with E-state index < -0.39 is 0 Å². The second-order valence-corrected chi connectivity index (χ2v) is 7.03. The number of fused-ring (bicyclic) bond motifs is 2. The Balaban J connectivity index is 0.00000182. The summed E-state index contributed by atoms with van der Waals surface area (Å²) < 4.78 is 5.52. The average Bonchev–Trinajstić information content (AvgIpc) is 3.14. The molecule has 4 rings (SSSR count). The van der Waals surface area contributed by atoms with E-state index >= 15 is 0 Å². The molecule has 2 aliphatic heterocycles. The van der Waals surface area contributed by atoms with Gasteiger partial charge in [0.25, 0.3) is 0 Å². The molecule has 1 N–H and O–H groups in total. The smallest absolute Gasteiger partial charge is 0.228 e. The van der Waals surface area contributed by atoms with Crippen molar-refractivity contribution >= 4 is 29.9 Å². The lowest BCUT2D eigenvalue weighted by Gasteiger charge is -2.23. The first-order valence-electron chi connectivity index (χ1n) is 8.41. The summed E-state index contributed by atoms with van der Waals surface area (Å²) in [5.41, 5.74) is 1.53. The van der Waals surface area contributed by atoms with Gasteiger partial charge in [0.05, 0.1) is 12.1 Å². The molecule has 25 heavy (non-hydrogen) atoms. The first-order valence-corrected chi connectivity index (χ1v) is 8.79. The number of halogens is 2. The number of oxazole rings is 1. The maximum atomic E-state index is 12.6. The van der Waals surface area contributed by atoms with Crippen LogP contribution in [-0.2, 0) is 11.2 Å². The number of likely N-dealkylation sites (tertiary alicyclic amines) is 1. The second kappa shape index (κ2) is 7.77. The van der Waals surface area contributed by atoms with E-state index in [2.05, 4.69) is 10.3 Å². The van der Waals surface area contributed by atoms with Crippen LogP contribution in [0.3, 0.4) is 0 Å². The van der Waals surface area contributed by atoms with Crippen molar-refractivity contribution < 1.29 is 9.21 Å². The molecule has 5 nitrogen and oxygen atoms in total. The van der Waals surface area contributed by atoms with E-state index in [1.165, 1.54) is 12.8 Å². The van der Waals surface area contributed by atoms with Crippen molar-refractivity contribution in [2.75, 3.05) is 13.1 Å². The van der Waals surface area contributed by atoms with Crippen LogP contribution in [0.5, 0.6) is 0 Å². The van der Waals surface area contributed by atoms with Crippen LogP contribution in [0, 0.1) is 0 Å². The van der Waals surface area contributed by atoms with Crippen molar-refractivity contribution in [2.45, 2.75) is 37.8 Å². The SMILES string of the molecule is Cl.O=C(Cc1coc(-c2ccc(Cl)cc2)n1)N1CCC2CCC(C1)N2. The lowest BCUT2D eigenvalue weighted by atomic mass is 10.1. The Labute approximate surface area is 158 Å². The summed E-state index contributed by atoms with van der Waals surface area (Å²) in [6.45, 7) is 1.63. The van der Waals surface area contributed by atoms with E-state index in [-0.39, 0.29) is 24.7 Å². The number of nitrogens with zero attached hydrogens (tertiary/aromatic N) is 2. The van der Waals surface area contributed by atoms with Gasteiger partial charge >= 0.3 is 0 Å². The van der Waals surface area contributed by atoms with Crippen LogP contribution < -0.4 is 5.32 Å². The fraction of sp³-hybridized carbons (Fsp3) is 0.444. The normalized spacial score (nSPS) is 22.4. The molecule has 134 valence electrons. The molecule has 2 saturated heterocycles. The largest absolute Gasteiger partial charge is 0.444 e. The van der Waals surface area contributed by atoms with Gasteiger partial charge in [0.2, 0.25) is 11.8 Å². The molecular weight excluding hydrogens is 361 g/mol. The van der Waals surface area contributed by atoms with E-state index in [9.17, 15) is 4.79 Å². The van der Waals surface area contributed by atoms with Gasteiger partial charge in [-0.25, -0.2) is 4.98 Å². The lowest BCUT2D eigenvalue weighted by Crippen LogP contribution is -2.39. The second-order valence-electron chi connectivity index (χ2n) is 6.59. The molecule has 2 aromatic rings. The highest BCUT2D eigenvalue weighted by atomic mass is 35.5. The van der Waals surface area contributed by atoms with Crippen LogP contribution in [0.2, 0.25) is 5.02 Å². The van der Waals surface area contributed by atoms with Crippen LogP contribution in [0.15, 0.2) is 34.9 Å². The van der Waals surface area contributed by atoms with Crippen LogP contribution in [0.1, 0.15) is 25.0 Å². The molecule has 1 aromatic heterocycles. The van der Waals surface area contributed by atoms with Crippen LogP contribution in [0.4, 0.5) is 0 Å². The quantitative estimate of drug-likeness (QED) is 0.885. The standard InChI is InChI=1S/C18H20ClN3O2.ClH/c19-13-3-1-12(2-4-13)18-21-16(11-24-18)9-17(23)22-8-7-14-5-6-15(10-22)20-14;/h1-4,11,14-15,20H,5-10H2;1H. The summed E-state index contributed by atoms with van der Waals surface area (Å²) in [4.78, 5) is 19.0. The third-order valence-corrected chi connectivity index (χ3v) is 5.10. The van der Waals surface area contributed by atoms with E-state index in [0.29, 0.717) is 28.7 Å². The lowest BCUT2D eigenvalue weighted by molar-refractivity contribution is -0.130. The predicted molar refractivity (Wildman–Crippen MR) is 99.0 cm³/mol. The van der Waals surface area contributed by atoms with Crippen LogP contribution in [0.25, 0.3) is 11.5 Å². The van der Waals surface area contributed by atoms with Crippen LogP contribution >= 0.6 is 24.0 Å². The van der Waals surface area contributed by atoms with Crippen molar-refractivity contribution in [3.8, 4) is 11.5 Å². The highest BCUT2D eigenvalue weighted by Crippen LogP contribution is 2.23. The van der Waals surface area contributed by atoms with Gasteiger partial charge in [-0.15, -0.1) is 12.4 Å². The Bertz CT molecular complexity index is 732. The van der Waals surface area contributed by atoms with Crippen molar-refractivity contribution in [3.63, 3.8) is 0 Å². The van der Waals surface area contributed by atoms with Gasteiger partial charge in [0.1, 0.15) is 6.26 Å². The molecule has 0 radical (unpaired) electrons. The summed E-state index contributed by atoms with van der Waals surface area (Å²) in [5, 5.41) is 4.26. The molecule has 0 aliphatic carbocycles. The zero-order chi connectivity index (χ0) is 16.5. The molecule has 1 aromatic carbocycles. The molecule has 2 unspecified atom stereocenters. The average molecular weight is 382 g/mol. The molecule has 2 fully saturated rings. The number of hydrogen-bond acceptors (Lipinski definition) is 4. The van der Waals surface area contributed by atoms with Crippen molar-refractivity contribution in [1.82, 2.24) is 15.2 Å². The van der Waals surface area contributed by atoms with E-state index in [4.69, 9.17) is 16.0 Å². The molecule has 1 amide bonds.